The van der Waals surface area contributed by atoms with E-state index in [0.29, 0.717) is 22.6 Å². The van der Waals surface area contributed by atoms with E-state index >= 15 is 0 Å². The Morgan fingerprint density at radius 3 is 1.14 bits per heavy atom. The van der Waals surface area contributed by atoms with E-state index in [9.17, 15) is 19.2 Å². The fourth-order valence-corrected chi connectivity index (χ4v) is 4.61. The Morgan fingerprint density at radius 1 is 0.549 bits per heavy atom. The molecule has 0 aliphatic heterocycles. The lowest BCUT2D eigenvalue weighted by Crippen LogP contribution is -2.40. The average molecular weight is 709 g/mol. The smallest absolute Gasteiger partial charge is 0.320 e. The van der Waals surface area contributed by atoms with Gasteiger partial charge >= 0.3 is 23.9 Å². The number of nitrogens with two attached hydrogens (primary N) is 1. The lowest BCUT2D eigenvalue weighted by molar-refractivity contribution is -0.162. The summed E-state index contributed by atoms with van der Waals surface area (Å²) in [5.74, 6) is 4.20. The molecule has 0 amide bonds. The van der Waals surface area contributed by atoms with Gasteiger partial charge in [0.1, 0.15) is 22.4 Å². The summed E-state index contributed by atoms with van der Waals surface area (Å²) in [4.78, 5) is 59.7. The van der Waals surface area contributed by atoms with E-state index in [-0.39, 0.29) is 39.3 Å². The molecule has 1 aromatic heterocycles. The fourth-order valence-electron chi connectivity index (χ4n) is 4.61. The molecular weight excluding hydrogens is 652 g/mol. The number of aromatic nitrogens is 1. The lowest BCUT2D eigenvalue weighted by Gasteiger charge is -2.27. The van der Waals surface area contributed by atoms with Crippen LogP contribution in [0.1, 0.15) is 106 Å². The zero-order chi connectivity index (χ0) is 38.8. The van der Waals surface area contributed by atoms with Crippen LogP contribution in [0.2, 0.25) is 0 Å². The van der Waals surface area contributed by atoms with E-state index in [1.165, 1.54) is 0 Å². The average Bonchev–Trinajstić information content (AvgIpc) is 2.88. The lowest BCUT2D eigenvalue weighted by atomic mass is 10.1. The molecule has 12 nitrogen and oxygen atoms in total. The molecule has 51 heavy (non-hydrogen) atoms. The number of nitrogen functional groups attached to an aromatic ring is 1. The third kappa shape index (κ3) is 19.5. The first-order chi connectivity index (χ1) is 23.2. The minimum atomic E-state index is -0.733. The third-order valence-electron chi connectivity index (χ3n) is 6.06. The molecule has 2 N–H and O–H groups in total. The standard InChI is InChI=1S/C39H56N4O8/c1-36(2,3)48-32(44)23-42(24-33(45)49-37(4,5)6)21-30-19-28(14-13-27-15-17-29(40)18-16-27)20-31(41-30)22-43(25-34(46)50-38(7,8)9)26-35(47)51-39(10,11)12/h15-20H,21-26,40H2,1-12H3. The Hall–Kier alpha value is -4.47. The molecule has 1 heterocycles. The largest absolute Gasteiger partial charge is 0.459 e. The van der Waals surface area contributed by atoms with Crippen LogP contribution >= 0.6 is 0 Å². The van der Waals surface area contributed by atoms with E-state index in [0.717, 1.165) is 5.56 Å². The topological polar surface area (TPSA) is 151 Å². The van der Waals surface area contributed by atoms with Gasteiger partial charge in [-0.3, -0.25) is 34.0 Å². The van der Waals surface area contributed by atoms with Gasteiger partial charge < -0.3 is 24.7 Å². The van der Waals surface area contributed by atoms with Gasteiger partial charge in [0.25, 0.3) is 0 Å². The zero-order valence-corrected chi connectivity index (χ0v) is 32.4. The van der Waals surface area contributed by atoms with Crippen LogP contribution in [0.5, 0.6) is 0 Å². The minimum absolute atomic E-state index is 0.0566. The highest BCUT2D eigenvalue weighted by atomic mass is 16.6. The first-order valence-electron chi connectivity index (χ1n) is 16.9. The number of ether oxygens (including phenoxy) is 4. The molecule has 2 rings (SSSR count). The normalized spacial score (nSPS) is 12.2. The van der Waals surface area contributed by atoms with Crippen LogP contribution in [0, 0.1) is 11.8 Å². The van der Waals surface area contributed by atoms with Crippen molar-refractivity contribution in [1.29, 1.82) is 0 Å². The van der Waals surface area contributed by atoms with E-state index in [1.807, 2.05) is 0 Å². The Balaban J connectivity index is 2.58. The van der Waals surface area contributed by atoms with Crippen molar-refractivity contribution >= 4 is 29.6 Å². The van der Waals surface area contributed by atoms with Crippen LogP contribution in [0.3, 0.4) is 0 Å². The molecule has 0 saturated heterocycles. The number of nitrogens with zero attached hydrogens (tertiary/aromatic N) is 3. The fraction of sp³-hybridized carbons (Fsp3) is 0.564. The van der Waals surface area contributed by atoms with Crippen LogP contribution in [0.25, 0.3) is 0 Å². The molecule has 12 heteroatoms. The Labute approximate surface area is 303 Å². The second-order valence-corrected chi connectivity index (χ2v) is 16.3. The number of hydrogen-bond acceptors (Lipinski definition) is 12. The first-order valence-corrected chi connectivity index (χ1v) is 16.9. The predicted molar refractivity (Wildman–Crippen MR) is 195 cm³/mol. The van der Waals surface area contributed by atoms with Crippen molar-refractivity contribution in [3.8, 4) is 11.8 Å². The summed E-state index contributed by atoms with van der Waals surface area (Å²) in [6.07, 6.45) is 0. The Kier molecular flexibility index (Phi) is 14.8. The van der Waals surface area contributed by atoms with Gasteiger partial charge in [-0.05, 0) is 119 Å². The number of anilines is 1. The van der Waals surface area contributed by atoms with Crippen LogP contribution in [0.15, 0.2) is 36.4 Å². The molecule has 0 aliphatic rings. The number of rotatable bonds is 12. The summed E-state index contributed by atoms with van der Waals surface area (Å²) in [7, 11) is 0. The quantitative estimate of drug-likeness (QED) is 0.136. The highest BCUT2D eigenvalue weighted by molar-refractivity contribution is 5.76. The van der Waals surface area contributed by atoms with Crippen molar-refractivity contribution in [2.24, 2.45) is 0 Å². The molecule has 280 valence electrons. The predicted octanol–water partition coefficient (Wildman–Crippen LogP) is 5.03. The summed E-state index contributed by atoms with van der Waals surface area (Å²) < 4.78 is 22.2. The molecule has 0 saturated carbocycles. The maximum atomic E-state index is 12.9. The minimum Gasteiger partial charge on any atom is -0.459 e. The number of esters is 4. The number of hydrogen-bond donors (Lipinski definition) is 1. The van der Waals surface area contributed by atoms with Crippen LogP contribution in [-0.4, -0.2) is 87.2 Å². The maximum Gasteiger partial charge on any atom is 0.320 e. The Morgan fingerprint density at radius 2 is 0.843 bits per heavy atom. The molecule has 0 unspecified atom stereocenters. The van der Waals surface area contributed by atoms with Gasteiger partial charge in [0, 0.05) is 29.9 Å². The van der Waals surface area contributed by atoms with Crippen LogP contribution in [0.4, 0.5) is 5.69 Å². The van der Waals surface area contributed by atoms with Gasteiger partial charge in [-0.15, -0.1) is 0 Å². The van der Waals surface area contributed by atoms with Gasteiger partial charge in [-0.25, -0.2) is 0 Å². The molecule has 1 aromatic carbocycles. The highest BCUT2D eigenvalue weighted by Crippen LogP contribution is 2.16. The van der Waals surface area contributed by atoms with Gasteiger partial charge in [0.15, 0.2) is 0 Å². The second kappa shape index (κ2) is 17.6. The SMILES string of the molecule is CC(C)(C)OC(=O)CN(CC(=O)OC(C)(C)C)Cc1cc(C#Cc2ccc(N)cc2)cc(CN(CC(=O)OC(C)(C)C)CC(=O)OC(C)(C)C)n1. The van der Waals surface area contributed by atoms with Gasteiger partial charge in [0.2, 0.25) is 0 Å². The summed E-state index contributed by atoms with van der Waals surface area (Å²) in [6.45, 7) is 20.4. The summed E-state index contributed by atoms with van der Waals surface area (Å²) in [6, 6.07) is 10.6. The van der Waals surface area contributed by atoms with Crippen molar-refractivity contribution in [3.05, 3.63) is 58.9 Å². The Bertz CT molecular complexity index is 1440. The maximum absolute atomic E-state index is 12.9. The number of pyridine rings is 1. The highest BCUT2D eigenvalue weighted by Gasteiger charge is 2.26. The molecule has 0 spiro atoms. The molecule has 0 radical (unpaired) electrons. The summed E-state index contributed by atoms with van der Waals surface area (Å²) in [5.41, 5.74) is 5.80. The summed E-state index contributed by atoms with van der Waals surface area (Å²) >= 11 is 0. The van der Waals surface area contributed by atoms with Gasteiger partial charge in [0.05, 0.1) is 37.6 Å². The van der Waals surface area contributed by atoms with Crippen molar-refractivity contribution in [2.75, 3.05) is 31.9 Å². The molecule has 0 atom stereocenters. The van der Waals surface area contributed by atoms with Gasteiger partial charge in [-0.1, -0.05) is 11.8 Å². The van der Waals surface area contributed by atoms with E-state index in [4.69, 9.17) is 29.7 Å². The van der Waals surface area contributed by atoms with Crippen LogP contribution in [-0.2, 0) is 51.2 Å². The van der Waals surface area contributed by atoms with Crippen LogP contribution < -0.4 is 5.73 Å². The number of carbonyl (C=O) groups is 4. The molecule has 2 aromatic rings. The van der Waals surface area contributed by atoms with Crippen molar-refractivity contribution in [2.45, 2.75) is 119 Å². The van der Waals surface area contributed by atoms with Gasteiger partial charge in [-0.2, -0.15) is 0 Å². The molecular formula is C39H56N4O8. The zero-order valence-electron chi connectivity index (χ0n) is 32.4. The number of carbonyl (C=O) groups excluding carboxylic acids is 4. The van der Waals surface area contributed by atoms with E-state index < -0.39 is 46.3 Å². The summed E-state index contributed by atoms with van der Waals surface area (Å²) in [5, 5.41) is 0. The second-order valence-electron chi connectivity index (χ2n) is 16.3. The molecule has 0 aliphatic carbocycles. The number of benzene rings is 1. The third-order valence-corrected chi connectivity index (χ3v) is 6.06. The molecule has 0 fully saturated rings. The van der Waals surface area contributed by atoms with Crippen molar-refractivity contribution in [3.63, 3.8) is 0 Å². The van der Waals surface area contributed by atoms with E-state index in [1.54, 1.807) is 129 Å². The van der Waals surface area contributed by atoms with Crippen molar-refractivity contribution in [1.82, 2.24) is 14.8 Å². The first kappa shape index (κ1) is 42.7. The van der Waals surface area contributed by atoms with Crippen molar-refractivity contribution < 1.29 is 38.1 Å². The molecule has 0 bridgehead atoms. The van der Waals surface area contributed by atoms with E-state index in [2.05, 4.69) is 11.8 Å². The monoisotopic (exact) mass is 708 g/mol.